The van der Waals surface area contributed by atoms with Crippen LogP contribution in [0, 0.1) is 0 Å². The number of nitrogens with one attached hydrogen (secondary N) is 2. The second-order valence-electron chi connectivity index (χ2n) is 3.99. The molecule has 0 aromatic heterocycles. The van der Waals surface area contributed by atoms with E-state index in [2.05, 4.69) is 10.0 Å². The average molecular weight is 367 g/mol. The fourth-order valence-corrected chi connectivity index (χ4v) is 2.96. The molecule has 122 valence electrons. The Hall–Kier alpha value is -0.540. The molecule has 0 bridgehead atoms. The van der Waals surface area contributed by atoms with Gasteiger partial charge in [-0.3, -0.25) is 0 Å². The zero-order valence-electron chi connectivity index (χ0n) is 11.0. The average Bonchev–Trinajstić information content (AvgIpc) is 2.33. The summed E-state index contributed by atoms with van der Waals surface area (Å²) in [6, 6.07) is 2.56. The van der Waals surface area contributed by atoms with Gasteiger partial charge in [0.25, 0.3) is 0 Å². The lowest BCUT2D eigenvalue weighted by Crippen LogP contribution is -2.28. The van der Waals surface area contributed by atoms with E-state index < -0.39 is 26.7 Å². The Bertz CT molecular complexity index is 565. The van der Waals surface area contributed by atoms with Gasteiger partial charge in [0, 0.05) is 11.6 Å². The Kier molecular flexibility index (Phi) is 7.98. The minimum atomic E-state index is -4.79. The van der Waals surface area contributed by atoms with Crippen LogP contribution in [0.1, 0.15) is 12.0 Å². The van der Waals surface area contributed by atoms with Gasteiger partial charge in [-0.15, -0.1) is 12.4 Å². The molecule has 0 saturated carbocycles. The third-order valence-electron chi connectivity index (χ3n) is 2.43. The molecule has 1 aromatic carbocycles. The second kappa shape index (κ2) is 8.19. The largest absolute Gasteiger partial charge is 0.417 e. The van der Waals surface area contributed by atoms with Crippen LogP contribution in [0.4, 0.5) is 13.2 Å². The topological polar surface area (TPSA) is 58.2 Å². The third-order valence-corrected chi connectivity index (χ3v) is 4.19. The minimum absolute atomic E-state index is 0. The molecule has 0 aliphatic carbocycles. The maximum atomic E-state index is 12.8. The van der Waals surface area contributed by atoms with Gasteiger partial charge in [0.2, 0.25) is 10.0 Å². The van der Waals surface area contributed by atoms with Crippen molar-refractivity contribution in [1.82, 2.24) is 10.0 Å². The van der Waals surface area contributed by atoms with Gasteiger partial charge < -0.3 is 5.32 Å². The van der Waals surface area contributed by atoms with E-state index in [1.807, 2.05) is 0 Å². The van der Waals surface area contributed by atoms with E-state index in [4.69, 9.17) is 11.6 Å². The molecular formula is C11H15Cl2F3N2O2S. The first-order valence-electron chi connectivity index (χ1n) is 5.69. The number of rotatable bonds is 6. The molecule has 1 rings (SSSR count). The van der Waals surface area contributed by atoms with Crippen molar-refractivity contribution in [3.8, 4) is 0 Å². The van der Waals surface area contributed by atoms with Crippen molar-refractivity contribution in [2.45, 2.75) is 17.5 Å². The quantitative estimate of drug-likeness (QED) is 0.761. The van der Waals surface area contributed by atoms with Gasteiger partial charge >= 0.3 is 6.18 Å². The highest BCUT2D eigenvalue weighted by Crippen LogP contribution is 2.35. The lowest BCUT2D eigenvalue weighted by molar-refractivity contribution is -0.139. The zero-order valence-corrected chi connectivity index (χ0v) is 13.4. The van der Waals surface area contributed by atoms with Gasteiger partial charge in [0.05, 0.1) is 10.5 Å². The van der Waals surface area contributed by atoms with E-state index in [9.17, 15) is 21.6 Å². The first-order chi connectivity index (χ1) is 9.18. The Labute approximate surface area is 132 Å². The smallest absolute Gasteiger partial charge is 0.320 e. The van der Waals surface area contributed by atoms with Crippen molar-refractivity contribution in [2.75, 3.05) is 20.1 Å². The molecule has 0 unspecified atom stereocenters. The molecule has 10 heteroatoms. The van der Waals surface area contributed by atoms with Crippen LogP contribution in [0.15, 0.2) is 23.1 Å². The lowest BCUT2D eigenvalue weighted by atomic mass is 10.2. The van der Waals surface area contributed by atoms with Crippen LogP contribution in [0.25, 0.3) is 0 Å². The molecule has 0 spiro atoms. The summed E-state index contributed by atoms with van der Waals surface area (Å²) >= 11 is 5.50. The molecule has 0 heterocycles. The van der Waals surface area contributed by atoms with Crippen LogP contribution in [-0.4, -0.2) is 28.6 Å². The highest BCUT2D eigenvalue weighted by molar-refractivity contribution is 7.89. The monoisotopic (exact) mass is 366 g/mol. The fourth-order valence-electron chi connectivity index (χ4n) is 1.51. The van der Waals surface area contributed by atoms with Crippen LogP contribution in [0.5, 0.6) is 0 Å². The Morgan fingerprint density at radius 2 is 1.86 bits per heavy atom. The van der Waals surface area contributed by atoms with Crippen molar-refractivity contribution in [3.05, 3.63) is 28.8 Å². The number of alkyl halides is 3. The fraction of sp³-hybridized carbons (Fsp3) is 0.455. The zero-order chi connectivity index (χ0) is 15.4. The molecule has 1 aromatic rings. The number of hydrogen-bond donors (Lipinski definition) is 2. The molecule has 0 fully saturated rings. The van der Waals surface area contributed by atoms with E-state index in [1.54, 1.807) is 7.05 Å². The molecule has 0 aliphatic heterocycles. The summed E-state index contributed by atoms with van der Waals surface area (Å²) in [5, 5.41) is 2.63. The molecule has 0 aliphatic rings. The normalized spacial score (nSPS) is 12.0. The summed E-state index contributed by atoms with van der Waals surface area (Å²) in [5.41, 5.74) is -1.27. The van der Waals surface area contributed by atoms with Crippen molar-refractivity contribution in [2.24, 2.45) is 0 Å². The SMILES string of the molecule is CNCCCNS(=O)(=O)c1ccc(Cl)cc1C(F)(F)F.Cl. The maximum absolute atomic E-state index is 12.8. The minimum Gasteiger partial charge on any atom is -0.320 e. The number of hydrogen-bond acceptors (Lipinski definition) is 3. The number of benzene rings is 1. The van der Waals surface area contributed by atoms with E-state index in [1.165, 1.54) is 0 Å². The molecule has 0 atom stereocenters. The van der Waals surface area contributed by atoms with Crippen LogP contribution < -0.4 is 10.0 Å². The summed E-state index contributed by atoms with van der Waals surface area (Å²) in [6.45, 7) is 0.596. The van der Waals surface area contributed by atoms with Gasteiger partial charge in [-0.2, -0.15) is 13.2 Å². The molecule has 0 radical (unpaired) electrons. The summed E-state index contributed by atoms with van der Waals surface area (Å²) in [5.74, 6) is 0. The van der Waals surface area contributed by atoms with E-state index >= 15 is 0 Å². The van der Waals surface area contributed by atoms with Gasteiger partial charge in [-0.05, 0) is 38.2 Å². The number of sulfonamides is 1. The van der Waals surface area contributed by atoms with Gasteiger partial charge in [0.1, 0.15) is 0 Å². The molecule has 21 heavy (non-hydrogen) atoms. The highest BCUT2D eigenvalue weighted by atomic mass is 35.5. The summed E-state index contributed by atoms with van der Waals surface area (Å²) in [4.78, 5) is -0.821. The summed E-state index contributed by atoms with van der Waals surface area (Å²) < 4.78 is 64.5. The second-order valence-corrected chi connectivity index (χ2v) is 6.16. The van der Waals surface area contributed by atoms with E-state index in [-0.39, 0.29) is 24.0 Å². The van der Waals surface area contributed by atoms with Crippen LogP contribution in [-0.2, 0) is 16.2 Å². The lowest BCUT2D eigenvalue weighted by Gasteiger charge is -2.14. The van der Waals surface area contributed by atoms with Crippen molar-refractivity contribution in [1.29, 1.82) is 0 Å². The number of halogens is 5. The molecule has 0 saturated heterocycles. The first-order valence-corrected chi connectivity index (χ1v) is 7.55. The van der Waals surface area contributed by atoms with E-state index in [0.29, 0.717) is 19.0 Å². The Morgan fingerprint density at radius 1 is 1.24 bits per heavy atom. The van der Waals surface area contributed by atoms with Gasteiger partial charge in [0.15, 0.2) is 0 Å². The van der Waals surface area contributed by atoms with Crippen molar-refractivity contribution in [3.63, 3.8) is 0 Å². The van der Waals surface area contributed by atoms with Gasteiger partial charge in [-0.25, -0.2) is 13.1 Å². The predicted octanol–water partition coefficient (Wildman–Crippen LogP) is 2.67. The molecule has 0 amide bonds. The summed E-state index contributed by atoms with van der Waals surface area (Å²) in [7, 11) is -2.54. The highest BCUT2D eigenvalue weighted by Gasteiger charge is 2.37. The standard InChI is InChI=1S/C11H14ClF3N2O2S.ClH/c1-16-5-2-6-17-20(18,19)10-4-3-8(12)7-9(10)11(13,14)15;/h3-4,7,16-17H,2,5-6H2,1H3;1H. The third kappa shape index (κ3) is 5.99. The van der Waals surface area contributed by atoms with Gasteiger partial charge in [-0.1, -0.05) is 11.6 Å². The Morgan fingerprint density at radius 3 is 2.38 bits per heavy atom. The molecule has 4 nitrogen and oxygen atoms in total. The van der Waals surface area contributed by atoms with E-state index in [0.717, 1.165) is 12.1 Å². The maximum Gasteiger partial charge on any atom is 0.417 e. The Balaban J connectivity index is 0.00000400. The van der Waals surface area contributed by atoms with Crippen LogP contribution in [0.2, 0.25) is 5.02 Å². The van der Waals surface area contributed by atoms with Crippen LogP contribution in [0.3, 0.4) is 0 Å². The molecule has 2 N–H and O–H groups in total. The van der Waals surface area contributed by atoms with Crippen molar-refractivity contribution >= 4 is 34.0 Å². The predicted molar refractivity (Wildman–Crippen MR) is 77.4 cm³/mol. The summed E-state index contributed by atoms with van der Waals surface area (Å²) in [6.07, 6.45) is -4.33. The first kappa shape index (κ1) is 20.5. The van der Waals surface area contributed by atoms with Crippen molar-refractivity contribution < 1.29 is 21.6 Å². The van der Waals surface area contributed by atoms with Crippen LogP contribution >= 0.6 is 24.0 Å². The molecular weight excluding hydrogens is 352 g/mol.